The molecule has 0 unspecified atom stereocenters. The molecule has 0 aliphatic carbocycles. The summed E-state index contributed by atoms with van der Waals surface area (Å²) in [5.74, 6) is 1.25. The van der Waals surface area contributed by atoms with E-state index in [1.54, 1.807) is 12.4 Å². The van der Waals surface area contributed by atoms with Gasteiger partial charge in [0.1, 0.15) is 17.2 Å². The van der Waals surface area contributed by atoms with Crippen molar-refractivity contribution in [2.75, 3.05) is 0 Å². The third-order valence-electron chi connectivity index (χ3n) is 4.53. The molecule has 5 nitrogen and oxygen atoms in total. The Morgan fingerprint density at radius 1 is 0.786 bits per heavy atom. The van der Waals surface area contributed by atoms with Crippen molar-refractivity contribution < 1.29 is 4.42 Å². The van der Waals surface area contributed by atoms with Crippen molar-refractivity contribution in [3.05, 3.63) is 95.5 Å². The van der Waals surface area contributed by atoms with E-state index in [9.17, 15) is 4.79 Å². The van der Waals surface area contributed by atoms with E-state index in [0.29, 0.717) is 11.5 Å². The van der Waals surface area contributed by atoms with Crippen molar-refractivity contribution in [3.63, 3.8) is 0 Å². The van der Waals surface area contributed by atoms with Crippen LogP contribution < -0.4 is 5.56 Å². The molecule has 0 atom stereocenters. The van der Waals surface area contributed by atoms with E-state index < -0.39 is 0 Å². The predicted molar refractivity (Wildman–Crippen MR) is 109 cm³/mol. The number of benzene rings is 2. The number of H-pyrrole nitrogens is 1. The van der Waals surface area contributed by atoms with Gasteiger partial charge in [-0.3, -0.25) is 9.78 Å². The standard InChI is InChI=1S/C23H15N3O2/c27-22-12-19(25-23(26-22)15-6-2-1-3-7-15)17-10-18(14-24-13-17)21-11-16-8-4-5-9-20(16)28-21/h1-14H,(H,25,26,27). The van der Waals surface area contributed by atoms with Crippen LogP contribution in [0.25, 0.3) is 44.9 Å². The van der Waals surface area contributed by atoms with E-state index in [1.165, 1.54) is 6.07 Å². The largest absolute Gasteiger partial charge is 0.456 e. The van der Waals surface area contributed by atoms with Crippen LogP contribution >= 0.6 is 0 Å². The molecule has 0 saturated heterocycles. The smallest absolute Gasteiger partial charge is 0.251 e. The zero-order chi connectivity index (χ0) is 18.9. The van der Waals surface area contributed by atoms with Gasteiger partial charge in [-0.2, -0.15) is 0 Å². The topological polar surface area (TPSA) is 71.8 Å². The van der Waals surface area contributed by atoms with Crippen LogP contribution in [-0.4, -0.2) is 15.0 Å². The summed E-state index contributed by atoms with van der Waals surface area (Å²) >= 11 is 0. The first-order valence-electron chi connectivity index (χ1n) is 8.87. The van der Waals surface area contributed by atoms with Crippen LogP contribution in [0.4, 0.5) is 0 Å². The highest BCUT2D eigenvalue weighted by molar-refractivity contribution is 5.83. The second-order valence-electron chi connectivity index (χ2n) is 6.46. The maximum atomic E-state index is 12.2. The van der Waals surface area contributed by atoms with Gasteiger partial charge in [0, 0.05) is 40.5 Å². The van der Waals surface area contributed by atoms with E-state index >= 15 is 0 Å². The fourth-order valence-corrected chi connectivity index (χ4v) is 3.18. The maximum Gasteiger partial charge on any atom is 0.251 e. The van der Waals surface area contributed by atoms with Crippen LogP contribution in [0.1, 0.15) is 0 Å². The molecule has 0 aliphatic rings. The number of hydrogen-bond donors (Lipinski definition) is 1. The van der Waals surface area contributed by atoms with Crippen LogP contribution in [0.3, 0.4) is 0 Å². The summed E-state index contributed by atoms with van der Waals surface area (Å²) in [6, 6.07) is 22.8. The Morgan fingerprint density at radius 2 is 1.57 bits per heavy atom. The lowest BCUT2D eigenvalue weighted by Gasteiger charge is -2.05. The van der Waals surface area contributed by atoms with E-state index in [-0.39, 0.29) is 5.56 Å². The van der Waals surface area contributed by atoms with Crippen molar-refractivity contribution in [2.24, 2.45) is 0 Å². The molecule has 134 valence electrons. The Labute approximate surface area is 160 Å². The first-order valence-corrected chi connectivity index (χ1v) is 8.87. The van der Waals surface area contributed by atoms with Gasteiger partial charge in [-0.25, -0.2) is 4.98 Å². The molecular formula is C23H15N3O2. The summed E-state index contributed by atoms with van der Waals surface area (Å²) in [5, 5.41) is 1.03. The molecule has 1 N–H and O–H groups in total. The molecule has 3 aromatic heterocycles. The summed E-state index contributed by atoms with van der Waals surface area (Å²) in [6.45, 7) is 0. The molecule has 5 heteroatoms. The fraction of sp³-hybridized carbons (Fsp3) is 0. The number of fused-ring (bicyclic) bond motifs is 1. The molecule has 0 bridgehead atoms. The van der Waals surface area contributed by atoms with Gasteiger partial charge in [0.05, 0.1) is 5.69 Å². The fourth-order valence-electron chi connectivity index (χ4n) is 3.18. The molecule has 2 aromatic carbocycles. The second-order valence-corrected chi connectivity index (χ2v) is 6.46. The molecule has 0 radical (unpaired) electrons. The highest BCUT2D eigenvalue weighted by Gasteiger charge is 2.10. The quantitative estimate of drug-likeness (QED) is 0.493. The third-order valence-corrected chi connectivity index (χ3v) is 4.53. The minimum Gasteiger partial charge on any atom is -0.456 e. The van der Waals surface area contributed by atoms with Gasteiger partial charge >= 0.3 is 0 Å². The zero-order valence-electron chi connectivity index (χ0n) is 14.8. The first-order chi connectivity index (χ1) is 13.8. The highest BCUT2D eigenvalue weighted by Crippen LogP contribution is 2.29. The number of pyridine rings is 1. The summed E-state index contributed by atoms with van der Waals surface area (Å²) in [7, 11) is 0. The molecule has 5 rings (SSSR count). The number of nitrogens with one attached hydrogen (secondary N) is 1. The predicted octanol–water partition coefficient (Wildman–Crippen LogP) is 4.91. The lowest BCUT2D eigenvalue weighted by Crippen LogP contribution is -2.08. The Hall–Kier alpha value is -3.99. The summed E-state index contributed by atoms with van der Waals surface area (Å²) in [4.78, 5) is 23.9. The summed E-state index contributed by atoms with van der Waals surface area (Å²) in [6.07, 6.45) is 3.44. The number of aromatic amines is 1. The van der Waals surface area contributed by atoms with E-state index in [0.717, 1.165) is 33.4 Å². The van der Waals surface area contributed by atoms with Crippen LogP contribution in [-0.2, 0) is 0 Å². The average Bonchev–Trinajstić information content (AvgIpc) is 3.18. The average molecular weight is 365 g/mol. The minimum absolute atomic E-state index is 0.210. The number of rotatable bonds is 3. The number of aromatic nitrogens is 3. The van der Waals surface area contributed by atoms with Gasteiger partial charge in [0.2, 0.25) is 0 Å². The Bertz CT molecular complexity index is 1300. The molecule has 0 aliphatic heterocycles. The highest BCUT2D eigenvalue weighted by atomic mass is 16.3. The molecule has 0 amide bonds. The Kier molecular flexibility index (Phi) is 3.84. The number of hydrogen-bond acceptors (Lipinski definition) is 4. The SMILES string of the molecule is O=c1cc(-c2cncc(-c3cc4ccccc4o3)c2)nc(-c2ccccc2)[nH]1. The molecule has 0 spiro atoms. The van der Waals surface area contributed by atoms with E-state index in [2.05, 4.69) is 15.0 Å². The summed E-state index contributed by atoms with van der Waals surface area (Å²) in [5.41, 5.74) is 3.61. The zero-order valence-corrected chi connectivity index (χ0v) is 14.8. The molecule has 0 fully saturated rings. The van der Waals surface area contributed by atoms with Crippen LogP contribution in [0.2, 0.25) is 0 Å². The van der Waals surface area contributed by atoms with Gasteiger partial charge in [-0.1, -0.05) is 48.5 Å². The molecule has 28 heavy (non-hydrogen) atoms. The van der Waals surface area contributed by atoms with Crippen LogP contribution in [0, 0.1) is 0 Å². The molecule has 0 saturated carbocycles. The van der Waals surface area contributed by atoms with Gasteiger partial charge < -0.3 is 9.40 Å². The Morgan fingerprint density at radius 3 is 2.43 bits per heavy atom. The van der Waals surface area contributed by atoms with E-state index in [1.807, 2.05) is 66.7 Å². The van der Waals surface area contributed by atoms with Gasteiger partial charge in [-0.05, 0) is 18.2 Å². The normalized spacial score (nSPS) is 11.0. The van der Waals surface area contributed by atoms with Gasteiger partial charge in [-0.15, -0.1) is 0 Å². The molecular weight excluding hydrogens is 350 g/mol. The third kappa shape index (κ3) is 2.99. The lowest BCUT2D eigenvalue weighted by molar-refractivity contribution is 0.631. The number of furan rings is 1. The monoisotopic (exact) mass is 365 g/mol. The lowest BCUT2D eigenvalue weighted by atomic mass is 10.1. The molecule has 5 aromatic rings. The maximum absolute atomic E-state index is 12.2. The van der Waals surface area contributed by atoms with Crippen LogP contribution in [0.5, 0.6) is 0 Å². The van der Waals surface area contributed by atoms with Crippen molar-refractivity contribution in [1.82, 2.24) is 15.0 Å². The number of nitrogens with zero attached hydrogens (tertiary/aromatic N) is 2. The minimum atomic E-state index is -0.210. The number of para-hydroxylation sites is 1. The van der Waals surface area contributed by atoms with Crippen LogP contribution in [0.15, 0.2) is 94.4 Å². The summed E-state index contributed by atoms with van der Waals surface area (Å²) < 4.78 is 5.93. The van der Waals surface area contributed by atoms with Crippen molar-refractivity contribution in [3.8, 4) is 34.0 Å². The first kappa shape index (κ1) is 16.2. The van der Waals surface area contributed by atoms with Crippen molar-refractivity contribution in [2.45, 2.75) is 0 Å². The van der Waals surface area contributed by atoms with Crippen molar-refractivity contribution in [1.29, 1.82) is 0 Å². The Balaban J connectivity index is 1.60. The van der Waals surface area contributed by atoms with Gasteiger partial charge in [0.15, 0.2) is 0 Å². The van der Waals surface area contributed by atoms with Crippen molar-refractivity contribution >= 4 is 11.0 Å². The van der Waals surface area contributed by atoms with Gasteiger partial charge in [0.25, 0.3) is 5.56 Å². The molecule has 3 heterocycles. The van der Waals surface area contributed by atoms with E-state index in [4.69, 9.17) is 4.42 Å². The second kappa shape index (κ2) is 6.63.